The Morgan fingerprint density at radius 2 is 1.33 bits per heavy atom. The number of hydrogen-bond acceptors (Lipinski definition) is 2. The molecule has 0 aromatic rings. The second kappa shape index (κ2) is 6.58. The molecule has 5 rings (SSSR count). The highest BCUT2D eigenvalue weighted by molar-refractivity contribution is 5.61. The van der Waals surface area contributed by atoms with E-state index in [1.54, 1.807) is 0 Å². The van der Waals surface area contributed by atoms with Gasteiger partial charge < -0.3 is 9.90 Å². The van der Waals surface area contributed by atoms with Crippen molar-refractivity contribution in [3.05, 3.63) is 0 Å². The molecule has 9 unspecified atom stereocenters. The summed E-state index contributed by atoms with van der Waals surface area (Å²) >= 11 is 0. The van der Waals surface area contributed by atoms with Crippen molar-refractivity contribution in [2.75, 3.05) is 0 Å². The van der Waals surface area contributed by atoms with Crippen molar-refractivity contribution < 1.29 is 9.90 Å². The summed E-state index contributed by atoms with van der Waals surface area (Å²) in [6, 6.07) is 0. The largest absolute Gasteiger partial charge is 0.393 e. The Balaban J connectivity index is 1.55. The highest BCUT2D eigenvalue weighted by Gasteiger charge is 2.69. The molecule has 0 aromatic carbocycles. The average molecular weight is 415 g/mol. The number of carbonyl (C=O) groups excluding carboxylic acids is 1. The molecule has 2 bridgehead atoms. The molecule has 9 atom stereocenters. The summed E-state index contributed by atoms with van der Waals surface area (Å²) in [4.78, 5) is 12.4. The fourth-order valence-corrected chi connectivity index (χ4v) is 11.2. The van der Waals surface area contributed by atoms with E-state index in [0.29, 0.717) is 28.1 Å². The number of aliphatic hydroxyl groups is 1. The lowest BCUT2D eigenvalue weighted by Crippen LogP contribution is -2.65. The van der Waals surface area contributed by atoms with Gasteiger partial charge in [0.05, 0.1) is 6.10 Å². The summed E-state index contributed by atoms with van der Waals surface area (Å²) < 4.78 is 0. The Kier molecular flexibility index (Phi) is 4.71. The van der Waals surface area contributed by atoms with E-state index in [0.717, 1.165) is 31.1 Å². The highest BCUT2D eigenvalue weighted by atomic mass is 16.3. The average Bonchev–Trinajstić information content (AvgIpc) is 2.77. The molecular weight excluding hydrogens is 368 g/mol. The second-order valence-corrected chi connectivity index (χ2v) is 13.7. The van der Waals surface area contributed by atoms with Crippen LogP contribution in [0.25, 0.3) is 0 Å². The van der Waals surface area contributed by atoms with Crippen molar-refractivity contribution >= 4 is 6.29 Å². The minimum absolute atomic E-state index is 0.0335. The van der Waals surface area contributed by atoms with Gasteiger partial charge in [0.25, 0.3) is 0 Å². The van der Waals surface area contributed by atoms with E-state index in [1.165, 1.54) is 64.1 Å². The first kappa shape index (κ1) is 21.5. The van der Waals surface area contributed by atoms with Crippen molar-refractivity contribution in [3.8, 4) is 0 Å². The lowest BCUT2D eigenvalue weighted by molar-refractivity contribution is -0.237. The standard InChI is InChI=1S/C28H46O2/c1-19-27(18-29)12-6-7-13-28(19)17-10-21-25(4)15-11-23(30)24(2,3)20(25)8-14-26(21,5)22(28)9-16-27/h18-23,30H,6-17H2,1-5H3. The number of hydrogen-bond donors (Lipinski definition) is 1. The van der Waals surface area contributed by atoms with Gasteiger partial charge in [0.2, 0.25) is 0 Å². The maximum absolute atomic E-state index is 12.4. The summed E-state index contributed by atoms with van der Waals surface area (Å²) in [5.74, 6) is 2.77. The number of aliphatic hydroxyl groups excluding tert-OH is 1. The normalized spacial score (nSPS) is 57.3. The molecule has 5 aliphatic rings. The first-order chi connectivity index (χ1) is 14.1. The zero-order chi connectivity index (χ0) is 21.6. The third kappa shape index (κ3) is 2.44. The van der Waals surface area contributed by atoms with Gasteiger partial charge in [-0.15, -0.1) is 0 Å². The molecule has 2 nitrogen and oxygen atoms in total. The highest BCUT2D eigenvalue weighted by Crippen LogP contribution is 2.75. The van der Waals surface area contributed by atoms with Gasteiger partial charge in [-0.05, 0) is 110 Å². The lowest BCUT2D eigenvalue weighted by atomic mass is 9.33. The molecule has 5 fully saturated rings. The second-order valence-electron chi connectivity index (χ2n) is 13.7. The van der Waals surface area contributed by atoms with Crippen molar-refractivity contribution in [2.24, 2.45) is 50.7 Å². The molecule has 30 heavy (non-hydrogen) atoms. The predicted octanol–water partition coefficient (Wildman–Crippen LogP) is 6.79. The fraction of sp³-hybridized carbons (Fsp3) is 0.964. The van der Waals surface area contributed by atoms with E-state index in [1.807, 2.05) is 0 Å². The smallest absolute Gasteiger partial charge is 0.126 e. The van der Waals surface area contributed by atoms with Crippen LogP contribution >= 0.6 is 0 Å². The number of carbonyl (C=O) groups is 1. The van der Waals surface area contributed by atoms with Gasteiger partial charge in [0.1, 0.15) is 6.29 Å². The van der Waals surface area contributed by atoms with Gasteiger partial charge in [0.15, 0.2) is 0 Å². The Morgan fingerprint density at radius 3 is 2.07 bits per heavy atom. The maximum Gasteiger partial charge on any atom is 0.126 e. The van der Waals surface area contributed by atoms with Crippen molar-refractivity contribution in [3.63, 3.8) is 0 Å². The minimum atomic E-state index is -0.139. The number of aldehydes is 1. The van der Waals surface area contributed by atoms with E-state index >= 15 is 0 Å². The molecule has 0 aliphatic heterocycles. The molecule has 2 heteroatoms. The van der Waals surface area contributed by atoms with Crippen molar-refractivity contribution in [1.82, 2.24) is 0 Å². The van der Waals surface area contributed by atoms with E-state index in [-0.39, 0.29) is 16.9 Å². The molecular formula is C28H46O2. The molecule has 0 saturated heterocycles. The molecule has 5 aliphatic carbocycles. The topological polar surface area (TPSA) is 37.3 Å². The number of fused-ring (bicyclic) bond motifs is 5. The quantitative estimate of drug-likeness (QED) is 0.479. The van der Waals surface area contributed by atoms with Crippen LogP contribution in [-0.2, 0) is 4.79 Å². The summed E-state index contributed by atoms with van der Waals surface area (Å²) in [5.41, 5.74) is 1.18. The van der Waals surface area contributed by atoms with Gasteiger partial charge in [-0.1, -0.05) is 47.5 Å². The maximum atomic E-state index is 12.4. The van der Waals surface area contributed by atoms with Crippen LogP contribution in [0.5, 0.6) is 0 Å². The summed E-state index contributed by atoms with van der Waals surface area (Å²) in [6.07, 6.45) is 16.3. The van der Waals surface area contributed by atoms with Gasteiger partial charge >= 0.3 is 0 Å². The van der Waals surface area contributed by atoms with E-state index in [2.05, 4.69) is 34.6 Å². The lowest BCUT2D eigenvalue weighted by Gasteiger charge is -2.72. The zero-order valence-corrected chi connectivity index (χ0v) is 20.3. The summed E-state index contributed by atoms with van der Waals surface area (Å²) in [5, 5.41) is 10.8. The van der Waals surface area contributed by atoms with E-state index in [4.69, 9.17) is 0 Å². The first-order valence-corrected chi connectivity index (χ1v) is 13.2. The van der Waals surface area contributed by atoms with Crippen LogP contribution in [-0.4, -0.2) is 17.5 Å². The predicted molar refractivity (Wildman–Crippen MR) is 122 cm³/mol. The summed E-state index contributed by atoms with van der Waals surface area (Å²) in [7, 11) is 0. The minimum Gasteiger partial charge on any atom is -0.393 e. The van der Waals surface area contributed by atoms with Gasteiger partial charge in [-0.3, -0.25) is 0 Å². The van der Waals surface area contributed by atoms with Crippen LogP contribution in [0.4, 0.5) is 0 Å². The molecule has 0 radical (unpaired) electrons. The number of rotatable bonds is 1. The molecule has 170 valence electrons. The van der Waals surface area contributed by atoms with Crippen LogP contribution in [0.15, 0.2) is 0 Å². The first-order valence-electron chi connectivity index (χ1n) is 13.2. The Morgan fingerprint density at radius 1 is 0.733 bits per heavy atom. The summed E-state index contributed by atoms with van der Waals surface area (Å²) in [6.45, 7) is 12.5. The van der Waals surface area contributed by atoms with Crippen LogP contribution in [0.2, 0.25) is 0 Å². The molecule has 0 amide bonds. The monoisotopic (exact) mass is 414 g/mol. The molecule has 0 heterocycles. The van der Waals surface area contributed by atoms with Crippen molar-refractivity contribution in [1.29, 1.82) is 0 Å². The van der Waals surface area contributed by atoms with Crippen LogP contribution < -0.4 is 0 Å². The van der Waals surface area contributed by atoms with Crippen LogP contribution in [0.3, 0.4) is 0 Å². The fourth-order valence-electron chi connectivity index (χ4n) is 11.2. The van der Waals surface area contributed by atoms with Gasteiger partial charge in [0, 0.05) is 5.41 Å². The van der Waals surface area contributed by atoms with Gasteiger partial charge in [-0.25, -0.2) is 0 Å². The van der Waals surface area contributed by atoms with Crippen LogP contribution in [0, 0.1) is 50.7 Å². The van der Waals surface area contributed by atoms with Crippen LogP contribution in [0.1, 0.15) is 112 Å². The molecule has 5 saturated carbocycles. The van der Waals surface area contributed by atoms with Crippen molar-refractivity contribution in [2.45, 2.75) is 118 Å². The molecule has 1 N–H and O–H groups in total. The zero-order valence-electron chi connectivity index (χ0n) is 20.3. The third-order valence-corrected chi connectivity index (χ3v) is 12.9. The Bertz CT molecular complexity index is 713. The Hall–Kier alpha value is -0.370. The molecule has 0 aromatic heterocycles. The van der Waals surface area contributed by atoms with E-state index < -0.39 is 0 Å². The van der Waals surface area contributed by atoms with Gasteiger partial charge in [-0.2, -0.15) is 0 Å². The third-order valence-electron chi connectivity index (χ3n) is 12.9. The van der Waals surface area contributed by atoms with E-state index in [9.17, 15) is 9.90 Å². The Labute approximate surface area is 185 Å². The molecule has 1 spiro atoms. The SMILES string of the molecule is CC1C2(C=O)CCCCC13CCC1C4(C)CCC(O)C(C)(C)C4CCC1(C)C3CC2.